The molecule has 610 valence electrons. The molecule has 0 bridgehead atoms. The Morgan fingerprint density at radius 3 is 0.792 bits per heavy atom. The number of ether oxygens (including phenoxy) is 4. The summed E-state index contributed by atoms with van der Waals surface area (Å²) in [6, 6.07) is 0. The van der Waals surface area contributed by atoms with Gasteiger partial charge in [-0.15, -0.1) is 0 Å². The molecule has 0 aromatic rings. The average Bonchev–Trinajstić information content (AvgIpc) is 0.901. The Kier molecular flexibility index (Phi) is 75.2. The Hall–Kier alpha value is -4.54. The highest BCUT2D eigenvalue weighted by atomic mass is 31.2. The Morgan fingerprint density at radius 2 is 0.509 bits per heavy atom. The molecule has 0 fully saturated rings. The number of carbonyl (C=O) groups excluding carboxylic acids is 4. The predicted octanol–water partition coefficient (Wildman–Crippen LogP) is 24.7. The lowest BCUT2D eigenvalue weighted by atomic mass is 10.0. The van der Waals surface area contributed by atoms with Crippen LogP contribution in [0.1, 0.15) is 349 Å². The lowest BCUT2D eigenvalue weighted by Gasteiger charge is -2.21. The topological polar surface area (TPSA) is 237 Å². The van der Waals surface area contributed by atoms with E-state index in [1.54, 1.807) is 0 Å². The molecule has 5 unspecified atom stereocenters. The number of esters is 4. The van der Waals surface area contributed by atoms with Crippen LogP contribution >= 0.6 is 15.6 Å². The normalized spacial score (nSPS) is 14.4. The molecular formula is C87H150O17P2. The quantitative estimate of drug-likeness (QED) is 0.0169. The molecule has 0 aromatic carbocycles. The fraction of sp³-hybridized carbons (Fsp3) is 0.724. The zero-order chi connectivity index (χ0) is 77.4. The number of carbonyl (C=O) groups is 4. The van der Waals surface area contributed by atoms with E-state index in [9.17, 15) is 43.2 Å². The largest absolute Gasteiger partial charge is 0.472 e. The molecule has 0 aliphatic heterocycles. The third-order valence-corrected chi connectivity index (χ3v) is 19.3. The van der Waals surface area contributed by atoms with E-state index in [-0.39, 0.29) is 25.7 Å². The second kappa shape index (κ2) is 78.6. The summed E-state index contributed by atoms with van der Waals surface area (Å²) < 4.78 is 68.7. The zero-order valence-electron chi connectivity index (χ0n) is 66.8. The first-order valence-corrected chi connectivity index (χ1v) is 44.8. The minimum absolute atomic E-state index is 0.0739. The van der Waals surface area contributed by atoms with Gasteiger partial charge in [-0.25, -0.2) is 9.13 Å². The Bertz CT molecular complexity index is 2480. The van der Waals surface area contributed by atoms with Crippen molar-refractivity contribution in [1.82, 2.24) is 0 Å². The van der Waals surface area contributed by atoms with E-state index in [0.29, 0.717) is 25.7 Å². The van der Waals surface area contributed by atoms with Gasteiger partial charge in [-0.1, -0.05) is 316 Å². The molecule has 0 radical (unpaired) electrons. The number of hydrogen-bond donors (Lipinski definition) is 3. The van der Waals surface area contributed by atoms with E-state index >= 15 is 0 Å². The molecule has 0 amide bonds. The smallest absolute Gasteiger partial charge is 0.462 e. The molecule has 0 aliphatic carbocycles. The van der Waals surface area contributed by atoms with Gasteiger partial charge >= 0.3 is 39.5 Å². The number of hydrogen-bond acceptors (Lipinski definition) is 15. The molecular weight excluding hydrogens is 1380 g/mol. The summed E-state index contributed by atoms with van der Waals surface area (Å²) in [5.41, 5.74) is 0. The molecule has 0 saturated carbocycles. The Morgan fingerprint density at radius 1 is 0.274 bits per heavy atom. The minimum atomic E-state index is -4.99. The van der Waals surface area contributed by atoms with E-state index in [1.807, 2.05) is 0 Å². The van der Waals surface area contributed by atoms with Crippen molar-refractivity contribution in [3.8, 4) is 0 Å². The van der Waals surface area contributed by atoms with Crippen molar-refractivity contribution in [2.75, 3.05) is 39.6 Å². The minimum Gasteiger partial charge on any atom is -0.462 e. The second-order valence-corrected chi connectivity index (χ2v) is 30.6. The average molecular weight is 1530 g/mol. The standard InChI is InChI=1S/C87H150O17P2/c1-5-9-13-17-21-25-29-33-36-38-40-42-45-48-51-55-59-63-67-71-84(89)97-77-82(103-86(91)73-69-65-61-57-53-47-32-28-24-20-16-12-8-4)79-101-105(93,94)99-75-81(88)76-100-106(95,96)102-80-83(104-87(92)74-70-66-62-58-54-50-44-35-31-27-23-19-15-11-7-3)78-98-85(90)72-68-64-60-56-52-49-46-43-41-39-37-34-30-26-22-18-14-10-6-2/h9-10,13-14,16,20-22,25-26,28,32-34,36-37,40-43,81-83,88H,5-8,11-12,15,17-19,23-24,27,29-31,35,38-39,44-80H2,1-4H3,(H,93,94)(H,95,96)/b13-9-,14-10-,20-16-,25-21-,26-22-,32-28-,36-33-,37-34-,42-40-,43-41-. The highest BCUT2D eigenvalue weighted by Crippen LogP contribution is 2.45. The third kappa shape index (κ3) is 77.6. The summed E-state index contributed by atoms with van der Waals surface area (Å²) >= 11 is 0. The number of phosphoric ester groups is 2. The highest BCUT2D eigenvalue weighted by molar-refractivity contribution is 7.47. The lowest BCUT2D eigenvalue weighted by molar-refractivity contribution is -0.161. The van der Waals surface area contributed by atoms with Gasteiger partial charge in [0.15, 0.2) is 12.2 Å². The van der Waals surface area contributed by atoms with Crippen LogP contribution in [0.3, 0.4) is 0 Å². The van der Waals surface area contributed by atoms with Crippen molar-refractivity contribution in [3.05, 3.63) is 122 Å². The van der Waals surface area contributed by atoms with Gasteiger partial charge in [0.1, 0.15) is 19.3 Å². The van der Waals surface area contributed by atoms with Gasteiger partial charge in [0, 0.05) is 25.7 Å². The molecule has 0 aromatic heterocycles. The van der Waals surface area contributed by atoms with E-state index in [2.05, 4.69) is 149 Å². The van der Waals surface area contributed by atoms with Gasteiger partial charge in [-0.3, -0.25) is 37.3 Å². The van der Waals surface area contributed by atoms with Crippen LogP contribution in [0.25, 0.3) is 0 Å². The fourth-order valence-electron chi connectivity index (χ4n) is 11.1. The van der Waals surface area contributed by atoms with Crippen LogP contribution in [-0.4, -0.2) is 96.7 Å². The van der Waals surface area contributed by atoms with Gasteiger partial charge in [-0.2, -0.15) is 0 Å². The van der Waals surface area contributed by atoms with Gasteiger partial charge in [0.25, 0.3) is 0 Å². The van der Waals surface area contributed by atoms with Crippen molar-refractivity contribution in [2.24, 2.45) is 0 Å². The summed E-state index contributed by atoms with van der Waals surface area (Å²) in [7, 11) is -9.97. The predicted molar refractivity (Wildman–Crippen MR) is 436 cm³/mol. The summed E-state index contributed by atoms with van der Waals surface area (Å²) in [5, 5.41) is 10.7. The van der Waals surface area contributed by atoms with Crippen LogP contribution in [0, 0.1) is 0 Å². The molecule has 0 rings (SSSR count). The van der Waals surface area contributed by atoms with Crippen molar-refractivity contribution < 1.29 is 80.2 Å². The second-order valence-electron chi connectivity index (χ2n) is 27.7. The van der Waals surface area contributed by atoms with Crippen LogP contribution < -0.4 is 0 Å². The van der Waals surface area contributed by atoms with Crippen molar-refractivity contribution >= 4 is 39.5 Å². The van der Waals surface area contributed by atoms with E-state index in [0.717, 1.165) is 205 Å². The number of aliphatic hydroxyl groups excluding tert-OH is 1. The van der Waals surface area contributed by atoms with Gasteiger partial charge in [0.2, 0.25) is 0 Å². The molecule has 0 spiro atoms. The first-order chi connectivity index (χ1) is 51.7. The van der Waals surface area contributed by atoms with Crippen LogP contribution in [0.2, 0.25) is 0 Å². The first kappa shape index (κ1) is 101. The molecule has 106 heavy (non-hydrogen) atoms. The molecule has 0 saturated heterocycles. The fourth-order valence-corrected chi connectivity index (χ4v) is 12.7. The molecule has 5 atom stereocenters. The van der Waals surface area contributed by atoms with Crippen molar-refractivity contribution in [3.63, 3.8) is 0 Å². The van der Waals surface area contributed by atoms with Crippen LogP contribution in [0.5, 0.6) is 0 Å². The Labute approximate surface area is 644 Å². The molecule has 17 nitrogen and oxygen atoms in total. The SMILES string of the molecule is CC/C=C\C/C=C\C/C=C\C/C=C\CCCCCCCCC(=O)OCC(COP(=O)(O)OCC(O)COP(=O)(O)OCC(COC(=O)CCCCCCCC/C=C\C/C=C\C/C=C\C/C=C\CC)OC(=O)CCCCCCCCCCCCCCCCC)OC(=O)CCCCCCC/C=C\C/C=C\CCC. The summed E-state index contributed by atoms with van der Waals surface area (Å²) in [6.45, 7) is 4.59. The monoisotopic (exact) mass is 1530 g/mol. The number of phosphoric acid groups is 2. The summed E-state index contributed by atoms with van der Waals surface area (Å²) in [6.07, 6.45) is 87.3. The molecule has 3 N–H and O–H groups in total. The zero-order valence-corrected chi connectivity index (χ0v) is 68.6. The van der Waals surface area contributed by atoms with E-state index in [4.69, 9.17) is 37.0 Å². The molecule has 0 aliphatic rings. The summed E-state index contributed by atoms with van der Waals surface area (Å²) in [5.74, 6) is -2.20. The lowest BCUT2D eigenvalue weighted by Crippen LogP contribution is -2.30. The summed E-state index contributed by atoms with van der Waals surface area (Å²) in [4.78, 5) is 73.2. The number of allylic oxidation sites excluding steroid dienone is 20. The molecule has 19 heteroatoms. The Balaban J connectivity index is 5.35. The maximum atomic E-state index is 13.1. The van der Waals surface area contributed by atoms with Crippen LogP contribution in [0.4, 0.5) is 0 Å². The number of unbranched alkanes of at least 4 members (excludes halogenated alkanes) is 32. The van der Waals surface area contributed by atoms with Crippen LogP contribution in [0.15, 0.2) is 122 Å². The van der Waals surface area contributed by atoms with Crippen LogP contribution in [-0.2, 0) is 65.4 Å². The maximum absolute atomic E-state index is 13.1. The maximum Gasteiger partial charge on any atom is 0.472 e. The third-order valence-electron chi connectivity index (χ3n) is 17.4. The van der Waals surface area contributed by atoms with Gasteiger partial charge in [0.05, 0.1) is 26.4 Å². The van der Waals surface area contributed by atoms with E-state index in [1.165, 1.54) is 64.2 Å². The number of aliphatic hydroxyl groups is 1. The van der Waals surface area contributed by atoms with Crippen molar-refractivity contribution in [1.29, 1.82) is 0 Å². The van der Waals surface area contributed by atoms with Gasteiger partial charge in [-0.05, 0) is 128 Å². The molecule has 0 heterocycles. The first-order valence-electron chi connectivity index (χ1n) is 41.8. The number of rotatable bonds is 78. The van der Waals surface area contributed by atoms with Crippen molar-refractivity contribution in [2.45, 2.75) is 367 Å². The van der Waals surface area contributed by atoms with E-state index < -0.39 is 97.5 Å². The highest BCUT2D eigenvalue weighted by Gasteiger charge is 2.30. The van der Waals surface area contributed by atoms with Gasteiger partial charge < -0.3 is 33.8 Å².